The topological polar surface area (TPSA) is 57.8 Å². The maximum Gasteiger partial charge on any atom is 0.226 e. The minimum Gasteiger partial charge on any atom is -0.311 e. The predicted molar refractivity (Wildman–Crippen MR) is 55.9 cm³/mol. The molecule has 0 spiro atoms. The number of nitrogens with zero attached hydrogens (tertiary/aromatic N) is 1. The summed E-state index contributed by atoms with van der Waals surface area (Å²) in [6.07, 6.45) is 3.13. The zero-order valence-electron chi connectivity index (χ0n) is 8.92. The van der Waals surface area contributed by atoms with E-state index in [-0.39, 0.29) is 11.3 Å². The number of H-pyrrole nitrogens is 1. The van der Waals surface area contributed by atoms with Crippen LogP contribution in [-0.2, 0) is 4.79 Å². The predicted octanol–water partition coefficient (Wildman–Crippen LogP) is 2.17. The van der Waals surface area contributed by atoms with E-state index in [9.17, 15) is 4.79 Å². The van der Waals surface area contributed by atoms with Crippen molar-refractivity contribution in [3.05, 3.63) is 12.3 Å². The maximum absolute atomic E-state index is 11.5. The molecule has 1 amide bonds. The number of carbonyl (C=O) groups excluding carboxylic acids is 1. The highest BCUT2D eigenvalue weighted by molar-refractivity contribution is 5.90. The summed E-state index contributed by atoms with van der Waals surface area (Å²) in [7, 11) is 0. The van der Waals surface area contributed by atoms with Gasteiger partial charge in [0, 0.05) is 12.5 Å². The van der Waals surface area contributed by atoms with Crippen LogP contribution < -0.4 is 5.32 Å². The molecule has 4 nitrogen and oxygen atoms in total. The molecule has 0 saturated carbocycles. The Morgan fingerprint density at radius 1 is 1.64 bits per heavy atom. The molecule has 1 heterocycles. The van der Waals surface area contributed by atoms with Gasteiger partial charge in [0.1, 0.15) is 5.82 Å². The summed E-state index contributed by atoms with van der Waals surface area (Å²) in [6, 6.07) is 1.73. The monoisotopic (exact) mass is 195 g/mol. The number of hydrogen-bond donors (Lipinski definition) is 2. The molecule has 0 aliphatic rings. The normalized spacial score (nSPS) is 11.4. The van der Waals surface area contributed by atoms with Gasteiger partial charge in [0.15, 0.2) is 0 Å². The van der Waals surface area contributed by atoms with Gasteiger partial charge >= 0.3 is 0 Å². The van der Waals surface area contributed by atoms with E-state index < -0.39 is 0 Å². The van der Waals surface area contributed by atoms with Crippen molar-refractivity contribution in [2.45, 2.75) is 33.6 Å². The fraction of sp³-hybridized carbons (Fsp3) is 0.600. The molecule has 78 valence electrons. The highest BCUT2D eigenvalue weighted by Crippen LogP contribution is 2.24. The fourth-order valence-electron chi connectivity index (χ4n) is 1.08. The molecule has 4 heteroatoms. The van der Waals surface area contributed by atoms with Gasteiger partial charge in [-0.1, -0.05) is 27.2 Å². The van der Waals surface area contributed by atoms with Gasteiger partial charge in [-0.3, -0.25) is 9.89 Å². The summed E-state index contributed by atoms with van der Waals surface area (Å²) in [5.41, 5.74) is 0.0596. The van der Waals surface area contributed by atoms with E-state index in [1.165, 1.54) is 0 Å². The summed E-state index contributed by atoms with van der Waals surface area (Å²) in [5.74, 6) is 0.683. The van der Waals surface area contributed by atoms with Crippen LogP contribution in [0.15, 0.2) is 12.3 Å². The van der Waals surface area contributed by atoms with Crippen molar-refractivity contribution < 1.29 is 4.79 Å². The van der Waals surface area contributed by atoms with Gasteiger partial charge in [-0.05, 0) is 5.41 Å². The third-order valence-corrected chi connectivity index (χ3v) is 2.37. The van der Waals surface area contributed by atoms with Crippen molar-refractivity contribution in [3.8, 4) is 0 Å². The van der Waals surface area contributed by atoms with Gasteiger partial charge in [0.05, 0.1) is 6.20 Å². The molecule has 0 atom stereocenters. The third-order valence-electron chi connectivity index (χ3n) is 2.37. The minimum atomic E-state index is 0.0288. The first-order valence-electron chi connectivity index (χ1n) is 4.83. The summed E-state index contributed by atoms with van der Waals surface area (Å²) in [5, 5.41) is 9.20. The van der Waals surface area contributed by atoms with Crippen molar-refractivity contribution in [2.24, 2.45) is 5.41 Å². The van der Waals surface area contributed by atoms with Crippen LogP contribution in [0.2, 0.25) is 0 Å². The molecule has 0 aromatic carbocycles. The largest absolute Gasteiger partial charge is 0.311 e. The molecule has 0 saturated heterocycles. The first kappa shape index (κ1) is 10.8. The summed E-state index contributed by atoms with van der Waals surface area (Å²) >= 11 is 0. The zero-order chi connectivity index (χ0) is 10.6. The van der Waals surface area contributed by atoms with E-state index in [2.05, 4.69) is 36.3 Å². The number of anilines is 1. The number of rotatable bonds is 4. The molecular weight excluding hydrogens is 178 g/mol. The molecular formula is C10H17N3O. The van der Waals surface area contributed by atoms with Crippen LogP contribution in [0.5, 0.6) is 0 Å². The Balaban J connectivity index is 2.44. The zero-order valence-corrected chi connectivity index (χ0v) is 8.92. The quantitative estimate of drug-likeness (QED) is 0.773. The van der Waals surface area contributed by atoms with Crippen molar-refractivity contribution in [3.63, 3.8) is 0 Å². The van der Waals surface area contributed by atoms with Crippen molar-refractivity contribution in [2.75, 3.05) is 5.32 Å². The van der Waals surface area contributed by atoms with E-state index in [1.54, 1.807) is 12.3 Å². The molecule has 0 radical (unpaired) electrons. The van der Waals surface area contributed by atoms with Crippen LogP contribution in [0.3, 0.4) is 0 Å². The highest BCUT2D eigenvalue weighted by Gasteiger charge is 2.19. The highest BCUT2D eigenvalue weighted by atomic mass is 16.1. The fourth-order valence-corrected chi connectivity index (χ4v) is 1.08. The minimum absolute atomic E-state index is 0.0288. The average molecular weight is 195 g/mol. The smallest absolute Gasteiger partial charge is 0.226 e. The van der Waals surface area contributed by atoms with Crippen LogP contribution in [0.1, 0.15) is 33.6 Å². The second kappa shape index (κ2) is 4.26. The summed E-state index contributed by atoms with van der Waals surface area (Å²) in [4.78, 5) is 11.5. The lowest BCUT2D eigenvalue weighted by Gasteiger charge is -2.21. The number of hydrogen-bond acceptors (Lipinski definition) is 2. The lowest BCUT2D eigenvalue weighted by Crippen LogP contribution is -2.21. The average Bonchev–Trinajstić information content (AvgIpc) is 2.55. The van der Waals surface area contributed by atoms with Gasteiger partial charge < -0.3 is 5.32 Å². The number of nitrogens with one attached hydrogen (secondary N) is 2. The van der Waals surface area contributed by atoms with Crippen molar-refractivity contribution >= 4 is 11.7 Å². The van der Waals surface area contributed by atoms with Gasteiger partial charge in [0.25, 0.3) is 0 Å². The Morgan fingerprint density at radius 3 is 2.86 bits per heavy atom. The van der Waals surface area contributed by atoms with Crippen LogP contribution in [0.4, 0.5) is 5.82 Å². The molecule has 0 aliphatic heterocycles. The summed E-state index contributed by atoms with van der Waals surface area (Å²) < 4.78 is 0. The number of aromatic nitrogens is 2. The molecule has 0 bridgehead atoms. The van der Waals surface area contributed by atoms with Crippen molar-refractivity contribution in [1.29, 1.82) is 0 Å². The van der Waals surface area contributed by atoms with Gasteiger partial charge in [-0.2, -0.15) is 5.10 Å². The van der Waals surface area contributed by atoms with E-state index in [4.69, 9.17) is 0 Å². The van der Waals surface area contributed by atoms with Gasteiger partial charge in [-0.15, -0.1) is 0 Å². The standard InChI is InChI=1S/C10H17N3O/c1-4-10(2,3)7-9(14)12-8-5-6-11-13-8/h5-6H,4,7H2,1-3H3,(H2,11,12,13,14). The SMILES string of the molecule is CCC(C)(C)CC(=O)Nc1ccn[nH]1. The van der Waals surface area contributed by atoms with E-state index >= 15 is 0 Å². The van der Waals surface area contributed by atoms with Crippen LogP contribution >= 0.6 is 0 Å². The molecule has 0 fully saturated rings. The Hall–Kier alpha value is -1.32. The Morgan fingerprint density at radius 2 is 2.36 bits per heavy atom. The maximum atomic E-state index is 11.5. The second-order valence-corrected chi connectivity index (χ2v) is 4.21. The lowest BCUT2D eigenvalue weighted by atomic mass is 9.86. The van der Waals surface area contributed by atoms with Crippen LogP contribution in [0, 0.1) is 5.41 Å². The number of carbonyl (C=O) groups is 1. The summed E-state index contributed by atoms with van der Waals surface area (Å²) in [6.45, 7) is 6.25. The van der Waals surface area contributed by atoms with Crippen LogP contribution in [0.25, 0.3) is 0 Å². The molecule has 0 unspecified atom stereocenters. The Kier molecular flexibility index (Phi) is 3.28. The van der Waals surface area contributed by atoms with Gasteiger partial charge in [0.2, 0.25) is 5.91 Å². The van der Waals surface area contributed by atoms with Gasteiger partial charge in [-0.25, -0.2) is 0 Å². The van der Waals surface area contributed by atoms with Crippen LogP contribution in [-0.4, -0.2) is 16.1 Å². The molecule has 0 aliphatic carbocycles. The van der Waals surface area contributed by atoms with E-state index in [0.717, 1.165) is 6.42 Å². The third kappa shape index (κ3) is 3.20. The molecule has 14 heavy (non-hydrogen) atoms. The second-order valence-electron chi connectivity index (χ2n) is 4.21. The molecule has 2 N–H and O–H groups in total. The van der Waals surface area contributed by atoms with E-state index in [1.807, 2.05) is 0 Å². The first-order chi connectivity index (χ1) is 6.53. The number of aromatic amines is 1. The molecule has 1 aromatic heterocycles. The molecule has 1 rings (SSSR count). The number of amides is 1. The first-order valence-corrected chi connectivity index (χ1v) is 4.83. The van der Waals surface area contributed by atoms with E-state index in [0.29, 0.717) is 12.2 Å². The molecule has 1 aromatic rings. The lowest BCUT2D eigenvalue weighted by molar-refractivity contribution is -0.118. The Labute approximate surface area is 84.1 Å². The van der Waals surface area contributed by atoms with Crippen molar-refractivity contribution in [1.82, 2.24) is 10.2 Å². The Bertz CT molecular complexity index is 290.